The van der Waals surface area contributed by atoms with Gasteiger partial charge >= 0.3 is 0 Å². The standard InChI is InChI=1S/C10H11NO/c1-2-8-3-4-9(7-12)10(5-8)6-11/h3-5,12H,2,7H2,1H3. The molecule has 1 N–H and O–H groups in total. The van der Waals surface area contributed by atoms with Gasteiger partial charge in [-0.2, -0.15) is 5.26 Å². The zero-order chi connectivity index (χ0) is 8.97. The van der Waals surface area contributed by atoms with Gasteiger partial charge in [-0.25, -0.2) is 0 Å². The lowest BCUT2D eigenvalue weighted by atomic mass is 10.0. The SMILES string of the molecule is CCc1ccc(CO)c(C#N)c1. The van der Waals surface area contributed by atoms with Crippen molar-refractivity contribution >= 4 is 0 Å². The minimum Gasteiger partial charge on any atom is -0.392 e. The van der Waals surface area contributed by atoms with Crippen molar-refractivity contribution in [3.63, 3.8) is 0 Å². The molecule has 0 aromatic heterocycles. The van der Waals surface area contributed by atoms with Crippen molar-refractivity contribution in [2.24, 2.45) is 0 Å². The molecule has 0 fully saturated rings. The van der Waals surface area contributed by atoms with E-state index in [1.165, 1.54) is 0 Å². The Morgan fingerprint density at radius 2 is 2.25 bits per heavy atom. The highest BCUT2D eigenvalue weighted by Crippen LogP contribution is 2.11. The molecule has 0 spiro atoms. The van der Waals surface area contributed by atoms with Gasteiger partial charge in [-0.15, -0.1) is 0 Å². The number of nitriles is 1. The zero-order valence-corrected chi connectivity index (χ0v) is 7.04. The minimum absolute atomic E-state index is 0.0626. The number of hydrogen-bond donors (Lipinski definition) is 1. The predicted octanol–water partition coefficient (Wildman–Crippen LogP) is 1.61. The van der Waals surface area contributed by atoms with Gasteiger partial charge in [-0.1, -0.05) is 19.1 Å². The van der Waals surface area contributed by atoms with Crippen molar-refractivity contribution in [2.45, 2.75) is 20.0 Å². The summed E-state index contributed by atoms with van der Waals surface area (Å²) >= 11 is 0. The van der Waals surface area contributed by atoms with Crippen molar-refractivity contribution in [1.29, 1.82) is 5.26 Å². The van der Waals surface area contributed by atoms with Crippen molar-refractivity contribution in [1.82, 2.24) is 0 Å². The lowest BCUT2D eigenvalue weighted by molar-refractivity contribution is 0.281. The average molecular weight is 161 g/mol. The maximum atomic E-state index is 8.86. The molecule has 12 heavy (non-hydrogen) atoms. The van der Waals surface area contributed by atoms with E-state index in [-0.39, 0.29) is 6.61 Å². The number of aliphatic hydroxyl groups excluding tert-OH is 1. The van der Waals surface area contributed by atoms with E-state index < -0.39 is 0 Å². The summed E-state index contributed by atoms with van der Waals surface area (Å²) in [5.41, 5.74) is 2.41. The van der Waals surface area contributed by atoms with E-state index in [0.29, 0.717) is 11.1 Å². The Bertz CT molecular complexity index is 312. The monoisotopic (exact) mass is 161 g/mol. The van der Waals surface area contributed by atoms with Crippen molar-refractivity contribution in [3.8, 4) is 6.07 Å². The second-order valence-corrected chi connectivity index (χ2v) is 2.61. The molecule has 2 heteroatoms. The van der Waals surface area contributed by atoms with Crippen LogP contribution in [0.1, 0.15) is 23.6 Å². The minimum atomic E-state index is -0.0626. The number of benzene rings is 1. The fourth-order valence-corrected chi connectivity index (χ4v) is 1.09. The molecule has 0 atom stereocenters. The summed E-state index contributed by atoms with van der Waals surface area (Å²) in [7, 11) is 0. The highest BCUT2D eigenvalue weighted by atomic mass is 16.3. The van der Waals surface area contributed by atoms with E-state index >= 15 is 0 Å². The summed E-state index contributed by atoms with van der Waals surface area (Å²) < 4.78 is 0. The Balaban J connectivity index is 3.13. The van der Waals surface area contributed by atoms with Crippen LogP contribution in [0, 0.1) is 11.3 Å². The molecule has 0 unspecified atom stereocenters. The summed E-state index contributed by atoms with van der Waals surface area (Å²) in [5.74, 6) is 0. The van der Waals surface area contributed by atoms with Gasteiger partial charge in [0.05, 0.1) is 18.2 Å². The number of nitrogens with zero attached hydrogens (tertiary/aromatic N) is 1. The van der Waals surface area contributed by atoms with Gasteiger partial charge < -0.3 is 5.11 Å². The second kappa shape index (κ2) is 3.89. The maximum absolute atomic E-state index is 8.86. The van der Waals surface area contributed by atoms with Crippen LogP contribution in [-0.2, 0) is 13.0 Å². The summed E-state index contributed by atoms with van der Waals surface area (Å²) in [4.78, 5) is 0. The van der Waals surface area contributed by atoms with Crippen molar-refractivity contribution in [3.05, 3.63) is 34.9 Å². The molecule has 1 aromatic carbocycles. The van der Waals surface area contributed by atoms with E-state index in [2.05, 4.69) is 6.07 Å². The number of hydrogen-bond acceptors (Lipinski definition) is 2. The molecular weight excluding hydrogens is 150 g/mol. The molecule has 1 rings (SSSR count). The third-order valence-electron chi connectivity index (χ3n) is 1.87. The van der Waals surface area contributed by atoms with E-state index in [1.54, 1.807) is 6.07 Å². The van der Waals surface area contributed by atoms with E-state index in [1.807, 2.05) is 19.1 Å². The molecule has 0 aliphatic carbocycles. The number of rotatable bonds is 2. The molecule has 2 nitrogen and oxygen atoms in total. The molecule has 1 aromatic rings. The fraction of sp³-hybridized carbons (Fsp3) is 0.300. The van der Waals surface area contributed by atoms with Gasteiger partial charge in [0.15, 0.2) is 0 Å². The van der Waals surface area contributed by atoms with Crippen LogP contribution in [0.25, 0.3) is 0 Å². The molecule has 0 amide bonds. The Hall–Kier alpha value is -1.33. The highest BCUT2D eigenvalue weighted by Gasteiger charge is 2.00. The average Bonchev–Trinajstić information content (AvgIpc) is 2.16. The van der Waals surface area contributed by atoms with E-state index in [0.717, 1.165) is 12.0 Å². The topological polar surface area (TPSA) is 44.0 Å². The normalized spacial score (nSPS) is 9.42. The first-order valence-corrected chi connectivity index (χ1v) is 3.94. The Labute approximate surface area is 72.1 Å². The molecule has 0 saturated heterocycles. The zero-order valence-electron chi connectivity index (χ0n) is 7.04. The second-order valence-electron chi connectivity index (χ2n) is 2.61. The van der Waals surface area contributed by atoms with E-state index in [9.17, 15) is 0 Å². The molecule has 0 bridgehead atoms. The predicted molar refractivity (Wildman–Crippen MR) is 46.5 cm³/mol. The lowest BCUT2D eigenvalue weighted by Gasteiger charge is -2.01. The molecule has 0 radical (unpaired) electrons. The summed E-state index contributed by atoms with van der Waals surface area (Å²) in [5, 5.41) is 17.6. The number of aryl methyl sites for hydroxylation is 1. The van der Waals surface area contributed by atoms with Gasteiger partial charge in [-0.3, -0.25) is 0 Å². The molecular formula is C10H11NO. The van der Waals surface area contributed by atoms with Crippen LogP contribution >= 0.6 is 0 Å². The van der Waals surface area contributed by atoms with Crippen molar-refractivity contribution in [2.75, 3.05) is 0 Å². The van der Waals surface area contributed by atoms with Crippen LogP contribution in [0.4, 0.5) is 0 Å². The maximum Gasteiger partial charge on any atom is 0.0995 e. The Morgan fingerprint density at radius 1 is 1.50 bits per heavy atom. The van der Waals surface area contributed by atoms with E-state index in [4.69, 9.17) is 10.4 Å². The van der Waals surface area contributed by atoms with Gasteiger partial charge in [-0.05, 0) is 23.6 Å². The highest BCUT2D eigenvalue weighted by molar-refractivity contribution is 5.40. The molecule has 0 aliphatic heterocycles. The van der Waals surface area contributed by atoms with Crippen molar-refractivity contribution < 1.29 is 5.11 Å². The third-order valence-corrected chi connectivity index (χ3v) is 1.87. The van der Waals surface area contributed by atoms with Gasteiger partial charge in [0.1, 0.15) is 0 Å². The molecule has 0 heterocycles. The van der Waals surface area contributed by atoms with Gasteiger partial charge in [0.25, 0.3) is 0 Å². The fourth-order valence-electron chi connectivity index (χ4n) is 1.09. The lowest BCUT2D eigenvalue weighted by Crippen LogP contribution is -1.91. The summed E-state index contributed by atoms with van der Waals surface area (Å²) in [6.07, 6.45) is 0.917. The third kappa shape index (κ3) is 1.63. The largest absolute Gasteiger partial charge is 0.392 e. The number of aliphatic hydroxyl groups is 1. The molecule has 0 saturated carbocycles. The van der Waals surface area contributed by atoms with Crippen LogP contribution in [0.3, 0.4) is 0 Å². The molecule has 62 valence electrons. The van der Waals surface area contributed by atoms with Crippen LogP contribution in [0.5, 0.6) is 0 Å². The van der Waals surface area contributed by atoms with Crippen LogP contribution < -0.4 is 0 Å². The first-order chi connectivity index (χ1) is 5.81. The summed E-state index contributed by atoms with van der Waals surface area (Å²) in [6, 6.07) is 7.63. The first-order valence-electron chi connectivity index (χ1n) is 3.94. The van der Waals surface area contributed by atoms with Gasteiger partial charge in [0, 0.05) is 0 Å². The van der Waals surface area contributed by atoms with Crippen LogP contribution in [0.2, 0.25) is 0 Å². The Morgan fingerprint density at radius 3 is 2.75 bits per heavy atom. The molecule has 0 aliphatic rings. The van der Waals surface area contributed by atoms with Gasteiger partial charge in [0.2, 0.25) is 0 Å². The quantitative estimate of drug-likeness (QED) is 0.716. The first kappa shape index (κ1) is 8.76. The smallest absolute Gasteiger partial charge is 0.0995 e. The van der Waals surface area contributed by atoms with Crippen LogP contribution in [0.15, 0.2) is 18.2 Å². The summed E-state index contributed by atoms with van der Waals surface area (Å²) in [6.45, 7) is 1.97. The van der Waals surface area contributed by atoms with Crippen LogP contribution in [-0.4, -0.2) is 5.11 Å². The Kier molecular flexibility index (Phi) is 2.84.